The smallest absolute Gasteiger partial charge is 0.239 e. The predicted octanol–water partition coefficient (Wildman–Crippen LogP) is -0.227. The van der Waals surface area contributed by atoms with Crippen molar-refractivity contribution in [1.29, 1.82) is 0 Å². The van der Waals surface area contributed by atoms with Gasteiger partial charge in [0.15, 0.2) is 28.8 Å². The number of fused-ring (bicyclic) bond motifs is 1. The lowest BCUT2D eigenvalue weighted by molar-refractivity contribution is -0.277. The number of hydrogen-bond acceptors (Lipinski definition) is 13. The summed E-state index contributed by atoms with van der Waals surface area (Å²) in [5, 5.41) is 70.5. The summed E-state index contributed by atoms with van der Waals surface area (Å²) in [7, 11) is 2.49. The Labute approximate surface area is 202 Å². The first-order valence-corrected chi connectivity index (χ1v) is 10.6. The quantitative estimate of drug-likeness (QED) is 0.230. The van der Waals surface area contributed by atoms with E-state index in [0.29, 0.717) is 0 Å². The van der Waals surface area contributed by atoms with Crippen molar-refractivity contribution in [3.63, 3.8) is 0 Å². The first-order chi connectivity index (χ1) is 17.1. The minimum absolute atomic E-state index is 0.0849. The van der Waals surface area contributed by atoms with Gasteiger partial charge in [0.1, 0.15) is 35.4 Å². The molecule has 0 radical (unpaired) electrons. The fourth-order valence-corrected chi connectivity index (χ4v) is 3.90. The standard InChI is InChI=1S/C23H24O13/c1-32-11-4-3-8(5-9(11)25)20-22(36-23-19(31)18(30)15(27)13(7-24)35-23)17(29)14-12(34-20)6-10(26)21(33-2)16(14)28/h3-6,13,15,18-19,23-28,30-31H,7H2,1-2H3/t13-,15-,18+,19-,23+/m1/s1. The van der Waals surface area contributed by atoms with Crippen molar-refractivity contribution in [3.8, 4) is 45.8 Å². The lowest BCUT2D eigenvalue weighted by Crippen LogP contribution is -2.60. The van der Waals surface area contributed by atoms with Gasteiger partial charge in [-0.05, 0) is 18.2 Å². The molecule has 0 saturated carbocycles. The Balaban J connectivity index is 1.95. The van der Waals surface area contributed by atoms with Crippen LogP contribution in [0, 0.1) is 0 Å². The van der Waals surface area contributed by atoms with Crippen molar-refractivity contribution in [2.24, 2.45) is 0 Å². The van der Waals surface area contributed by atoms with Crippen molar-refractivity contribution < 1.29 is 59.1 Å². The second-order valence-electron chi connectivity index (χ2n) is 7.94. The zero-order valence-corrected chi connectivity index (χ0v) is 19.0. The summed E-state index contributed by atoms with van der Waals surface area (Å²) in [6.07, 6.45) is -8.44. The molecule has 2 aromatic carbocycles. The molecule has 4 rings (SSSR count). The second kappa shape index (κ2) is 9.72. The van der Waals surface area contributed by atoms with Gasteiger partial charge in [0.25, 0.3) is 0 Å². The number of aliphatic hydroxyl groups excluding tert-OH is 4. The Kier molecular flexibility index (Phi) is 6.84. The molecule has 0 aliphatic carbocycles. The van der Waals surface area contributed by atoms with Gasteiger partial charge < -0.3 is 59.1 Å². The highest BCUT2D eigenvalue weighted by atomic mass is 16.7. The van der Waals surface area contributed by atoms with Gasteiger partial charge in [-0.2, -0.15) is 0 Å². The van der Waals surface area contributed by atoms with Crippen LogP contribution >= 0.6 is 0 Å². The van der Waals surface area contributed by atoms with Crippen LogP contribution in [-0.2, 0) is 4.74 Å². The number of ether oxygens (including phenoxy) is 4. The van der Waals surface area contributed by atoms with Crippen LogP contribution in [0.3, 0.4) is 0 Å². The molecule has 3 aromatic rings. The number of hydrogen-bond donors (Lipinski definition) is 7. The van der Waals surface area contributed by atoms with Crippen LogP contribution in [0.5, 0.6) is 34.5 Å². The van der Waals surface area contributed by atoms with E-state index in [1.54, 1.807) is 0 Å². The van der Waals surface area contributed by atoms with E-state index in [2.05, 4.69) is 0 Å². The summed E-state index contributed by atoms with van der Waals surface area (Å²) in [5.74, 6) is -2.86. The van der Waals surface area contributed by atoms with E-state index >= 15 is 0 Å². The van der Waals surface area contributed by atoms with Crippen LogP contribution < -0.4 is 19.6 Å². The first-order valence-electron chi connectivity index (χ1n) is 10.6. The molecule has 36 heavy (non-hydrogen) atoms. The summed E-state index contributed by atoms with van der Waals surface area (Å²) < 4.78 is 26.7. The van der Waals surface area contributed by atoms with Crippen LogP contribution in [0.25, 0.3) is 22.3 Å². The maximum atomic E-state index is 13.5. The fourth-order valence-electron chi connectivity index (χ4n) is 3.90. The highest BCUT2D eigenvalue weighted by Gasteiger charge is 2.45. The van der Waals surface area contributed by atoms with Crippen LogP contribution in [-0.4, -0.2) is 87.3 Å². The predicted molar refractivity (Wildman–Crippen MR) is 120 cm³/mol. The van der Waals surface area contributed by atoms with Crippen molar-refractivity contribution in [2.75, 3.05) is 20.8 Å². The van der Waals surface area contributed by atoms with Gasteiger partial charge in [0.05, 0.1) is 20.8 Å². The van der Waals surface area contributed by atoms with E-state index in [1.165, 1.54) is 25.3 Å². The van der Waals surface area contributed by atoms with Gasteiger partial charge in [-0.3, -0.25) is 4.79 Å². The van der Waals surface area contributed by atoms with Gasteiger partial charge in [-0.1, -0.05) is 0 Å². The molecule has 194 valence electrons. The summed E-state index contributed by atoms with van der Waals surface area (Å²) in [5.41, 5.74) is -1.18. The van der Waals surface area contributed by atoms with E-state index in [1.807, 2.05) is 0 Å². The largest absolute Gasteiger partial charge is 0.504 e. The molecule has 1 aromatic heterocycles. The molecule has 2 heterocycles. The van der Waals surface area contributed by atoms with Crippen LogP contribution in [0.2, 0.25) is 0 Å². The minimum Gasteiger partial charge on any atom is -0.504 e. The SMILES string of the molecule is COc1ccc(-c2oc3cc(O)c(OC)c(O)c3c(=O)c2O[C@@H]2O[C@H](CO)[C@@H](O)[C@H](O)[C@H]2O)cc1O. The van der Waals surface area contributed by atoms with E-state index < -0.39 is 71.1 Å². The van der Waals surface area contributed by atoms with Gasteiger partial charge in [-0.25, -0.2) is 0 Å². The average molecular weight is 508 g/mol. The third-order valence-electron chi connectivity index (χ3n) is 5.78. The molecule has 5 atom stereocenters. The number of benzene rings is 2. The van der Waals surface area contributed by atoms with Gasteiger partial charge in [0, 0.05) is 11.6 Å². The monoisotopic (exact) mass is 508 g/mol. The minimum atomic E-state index is -1.86. The lowest BCUT2D eigenvalue weighted by atomic mass is 9.99. The van der Waals surface area contributed by atoms with E-state index in [0.717, 1.165) is 13.2 Å². The number of phenols is 3. The van der Waals surface area contributed by atoms with Crippen LogP contribution in [0.1, 0.15) is 0 Å². The maximum Gasteiger partial charge on any atom is 0.239 e. The maximum absolute atomic E-state index is 13.5. The molecule has 0 spiro atoms. The van der Waals surface area contributed by atoms with E-state index in [9.17, 15) is 40.5 Å². The number of aromatic hydroxyl groups is 3. The molecule has 7 N–H and O–H groups in total. The Morgan fingerprint density at radius 1 is 0.917 bits per heavy atom. The molecular formula is C23H24O13. The van der Waals surface area contributed by atoms with Gasteiger partial charge >= 0.3 is 0 Å². The third-order valence-corrected chi connectivity index (χ3v) is 5.78. The molecule has 1 aliphatic rings. The normalized spacial score (nSPS) is 24.0. The molecule has 1 aliphatic heterocycles. The van der Waals surface area contributed by atoms with Crippen LogP contribution in [0.15, 0.2) is 33.5 Å². The number of aliphatic hydroxyl groups is 4. The van der Waals surface area contributed by atoms with Crippen molar-refractivity contribution >= 4 is 11.0 Å². The molecule has 0 bridgehead atoms. The number of phenolic OH excluding ortho intramolecular Hbond substituents is 3. The Hall–Kier alpha value is -3.75. The Morgan fingerprint density at radius 2 is 1.64 bits per heavy atom. The second-order valence-corrected chi connectivity index (χ2v) is 7.94. The molecule has 0 unspecified atom stereocenters. The fraction of sp³-hybridized carbons (Fsp3) is 0.348. The van der Waals surface area contributed by atoms with Gasteiger partial charge in [-0.15, -0.1) is 0 Å². The van der Waals surface area contributed by atoms with Crippen molar-refractivity contribution in [3.05, 3.63) is 34.5 Å². The molecule has 13 nitrogen and oxygen atoms in total. The number of rotatable bonds is 6. The third kappa shape index (κ3) is 4.12. The molecule has 1 fully saturated rings. The highest BCUT2D eigenvalue weighted by molar-refractivity contribution is 5.91. The summed E-state index contributed by atoms with van der Waals surface area (Å²) in [6, 6.07) is 4.99. The average Bonchev–Trinajstić information content (AvgIpc) is 2.85. The Bertz CT molecular complexity index is 1330. The van der Waals surface area contributed by atoms with E-state index in [4.69, 9.17) is 23.4 Å². The molecule has 1 saturated heterocycles. The summed E-state index contributed by atoms with van der Waals surface area (Å²) in [4.78, 5) is 13.5. The van der Waals surface area contributed by atoms with Gasteiger partial charge in [0.2, 0.25) is 23.2 Å². The molecule has 13 heteroatoms. The topological polar surface area (TPSA) is 209 Å². The highest BCUT2D eigenvalue weighted by Crippen LogP contribution is 2.44. The van der Waals surface area contributed by atoms with Crippen molar-refractivity contribution in [1.82, 2.24) is 0 Å². The van der Waals surface area contributed by atoms with Crippen LogP contribution in [0.4, 0.5) is 0 Å². The zero-order chi connectivity index (χ0) is 26.3. The molecule has 0 amide bonds. The summed E-state index contributed by atoms with van der Waals surface area (Å²) in [6.45, 7) is -0.742. The lowest BCUT2D eigenvalue weighted by Gasteiger charge is -2.39. The Morgan fingerprint density at radius 3 is 2.25 bits per heavy atom. The zero-order valence-electron chi connectivity index (χ0n) is 19.0. The van der Waals surface area contributed by atoms with E-state index in [-0.39, 0.29) is 28.4 Å². The first kappa shape index (κ1) is 25.3. The number of methoxy groups -OCH3 is 2. The molecular weight excluding hydrogens is 484 g/mol. The summed E-state index contributed by atoms with van der Waals surface area (Å²) >= 11 is 0. The van der Waals surface area contributed by atoms with Crippen molar-refractivity contribution in [2.45, 2.75) is 30.7 Å².